The molecule has 3 rings (SSSR count). The number of tetrazole rings is 1. The molecule has 0 saturated carbocycles. The minimum atomic E-state index is -0.163. The zero-order valence-corrected chi connectivity index (χ0v) is 11.6. The van der Waals surface area contributed by atoms with Gasteiger partial charge in [0.15, 0.2) is 5.82 Å². The summed E-state index contributed by atoms with van der Waals surface area (Å²) >= 11 is 0. The third-order valence-electron chi connectivity index (χ3n) is 3.91. The van der Waals surface area contributed by atoms with Crippen molar-refractivity contribution in [1.82, 2.24) is 25.1 Å². The number of nitrogens with zero attached hydrogens (tertiary/aromatic N) is 5. The summed E-state index contributed by atoms with van der Waals surface area (Å²) in [6.45, 7) is 3.87. The Balaban J connectivity index is 1.82. The monoisotopic (exact) mass is 273 g/mol. The maximum Gasteiger partial charge on any atom is 0.173 e. The summed E-state index contributed by atoms with van der Waals surface area (Å²) in [5, 5.41) is 21.7. The van der Waals surface area contributed by atoms with Gasteiger partial charge in [0.25, 0.3) is 0 Å². The predicted octanol–water partition coefficient (Wildman–Crippen LogP) is 1.18. The van der Waals surface area contributed by atoms with Crippen molar-refractivity contribution in [2.75, 3.05) is 13.1 Å². The molecule has 20 heavy (non-hydrogen) atoms. The highest BCUT2D eigenvalue weighted by Crippen LogP contribution is 2.23. The normalized spacial score (nSPS) is 19.1. The van der Waals surface area contributed by atoms with Gasteiger partial charge in [-0.25, -0.2) is 0 Å². The molecule has 2 heterocycles. The van der Waals surface area contributed by atoms with Crippen molar-refractivity contribution in [1.29, 1.82) is 0 Å². The average molecular weight is 273 g/mol. The molecule has 1 N–H and O–H groups in total. The molecular weight excluding hydrogens is 254 g/mol. The van der Waals surface area contributed by atoms with Gasteiger partial charge in [-0.15, -0.1) is 5.10 Å². The number of hydrogen-bond acceptors (Lipinski definition) is 5. The van der Waals surface area contributed by atoms with Crippen molar-refractivity contribution in [3.8, 4) is 5.69 Å². The number of aliphatic hydroxyl groups excluding tert-OH is 1. The van der Waals surface area contributed by atoms with Crippen LogP contribution in [0.3, 0.4) is 0 Å². The van der Waals surface area contributed by atoms with E-state index in [1.165, 1.54) is 0 Å². The lowest BCUT2D eigenvalue weighted by Gasteiger charge is -2.33. The van der Waals surface area contributed by atoms with Gasteiger partial charge in [0.1, 0.15) is 0 Å². The molecule has 1 aromatic heterocycles. The summed E-state index contributed by atoms with van der Waals surface area (Å²) in [4.78, 5) is 2.32. The van der Waals surface area contributed by atoms with Gasteiger partial charge in [-0.1, -0.05) is 18.2 Å². The van der Waals surface area contributed by atoms with E-state index in [0.717, 1.165) is 37.4 Å². The second-order valence-corrected chi connectivity index (χ2v) is 5.23. The fourth-order valence-electron chi connectivity index (χ4n) is 2.64. The molecule has 0 spiro atoms. The molecule has 1 fully saturated rings. The van der Waals surface area contributed by atoms with Crippen LogP contribution in [0, 0.1) is 0 Å². The van der Waals surface area contributed by atoms with Gasteiger partial charge in [-0.05, 0) is 42.3 Å². The molecule has 1 atom stereocenters. The Morgan fingerprint density at radius 3 is 2.60 bits per heavy atom. The third-order valence-corrected chi connectivity index (χ3v) is 3.91. The largest absolute Gasteiger partial charge is 0.393 e. The van der Waals surface area contributed by atoms with Crippen LogP contribution in [-0.2, 0) is 0 Å². The summed E-state index contributed by atoms with van der Waals surface area (Å²) in [5.74, 6) is 0.840. The summed E-state index contributed by atoms with van der Waals surface area (Å²) in [6.07, 6.45) is 1.47. The first-order chi connectivity index (χ1) is 9.75. The number of aliphatic hydroxyl groups is 1. The van der Waals surface area contributed by atoms with Crippen molar-refractivity contribution in [2.45, 2.75) is 31.9 Å². The second-order valence-electron chi connectivity index (χ2n) is 5.23. The Labute approximate surface area is 118 Å². The molecule has 1 unspecified atom stereocenters. The first-order valence-electron chi connectivity index (χ1n) is 7.01. The molecule has 1 aliphatic heterocycles. The average Bonchev–Trinajstić information content (AvgIpc) is 2.97. The molecule has 0 aliphatic carbocycles. The number of para-hydroxylation sites is 1. The van der Waals surface area contributed by atoms with Gasteiger partial charge >= 0.3 is 0 Å². The second kappa shape index (κ2) is 5.68. The summed E-state index contributed by atoms with van der Waals surface area (Å²) in [7, 11) is 0. The first kappa shape index (κ1) is 13.2. The van der Waals surface area contributed by atoms with E-state index in [4.69, 9.17) is 0 Å². The predicted molar refractivity (Wildman–Crippen MR) is 74.4 cm³/mol. The van der Waals surface area contributed by atoms with Gasteiger partial charge in [-0.2, -0.15) is 4.68 Å². The van der Waals surface area contributed by atoms with Crippen LogP contribution >= 0.6 is 0 Å². The van der Waals surface area contributed by atoms with Crippen molar-refractivity contribution >= 4 is 0 Å². The minimum absolute atomic E-state index is 0.137. The number of piperidine rings is 1. The van der Waals surface area contributed by atoms with Crippen LogP contribution in [-0.4, -0.2) is 49.4 Å². The third kappa shape index (κ3) is 2.57. The number of aromatic nitrogens is 4. The lowest BCUT2D eigenvalue weighted by molar-refractivity contribution is 0.0620. The van der Waals surface area contributed by atoms with E-state index in [0.29, 0.717) is 0 Å². The molecule has 1 saturated heterocycles. The Bertz CT molecular complexity index is 548. The standard InChI is InChI=1S/C14H19N5O/c1-11(18-9-7-13(20)8-10-18)14-15-16-17-19(14)12-5-3-2-4-6-12/h2-6,11,13,20H,7-10H2,1H3. The highest BCUT2D eigenvalue weighted by molar-refractivity contribution is 5.30. The topological polar surface area (TPSA) is 67.1 Å². The van der Waals surface area contributed by atoms with Crippen LogP contribution in [0.15, 0.2) is 30.3 Å². The van der Waals surface area contributed by atoms with E-state index in [1.807, 2.05) is 30.3 Å². The molecule has 2 aromatic rings. The van der Waals surface area contributed by atoms with E-state index in [1.54, 1.807) is 4.68 Å². The van der Waals surface area contributed by atoms with Crippen LogP contribution in [0.4, 0.5) is 0 Å². The van der Waals surface area contributed by atoms with E-state index >= 15 is 0 Å². The van der Waals surface area contributed by atoms with E-state index in [9.17, 15) is 5.11 Å². The molecule has 0 radical (unpaired) electrons. The number of hydrogen-bond donors (Lipinski definition) is 1. The zero-order valence-electron chi connectivity index (χ0n) is 11.6. The Hall–Kier alpha value is -1.79. The highest BCUT2D eigenvalue weighted by atomic mass is 16.3. The number of likely N-dealkylation sites (tertiary alicyclic amines) is 1. The summed E-state index contributed by atoms with van der Waals surface area (Å²) < 4.78 is 1.79. The fourth-order valence-corrected chi connectivity index (χ4v) is 2.64. The summed E-state index contributed by atoms with van der Waals surface area (Å²) in [5.41, 5.74) is 0.969. The zero-order chi connectivity index (χ0) is 13.9. The maximum atomic E-state index is 9.60. The smallest absolute Gasteiger partial charge is 0.173 e. The maximum absolute atomic E-state index is 9.60. The fraction of sp³-hybridized carbons (Fsp3) is 0.500. The first-order valence-corrected chi connectivity index (χ1v) is 7.01. The minimum Gasteiger partial charge on any atom is -0.393 e. The van der Waals surface area contributed by atoms with Gasteiger partial charge in [0.05, 0.1) is 17.8 Å². The summed E-state index contributed by atoms with van der Waals surface area (Å²) in [6, 6.07) is 10.0. The quantitative estimate of drug-likeness (QED) is 0.909. The molecule has 6 heteroatoms. The van der Waals surface area contributed by atoms with Gasteiger partial charge in [-0.3, -0.25) is 4.90 Å². The molecule has 106 valence electrons. The van der Waals surface area contributed by atoms with Crippen molar-refractivity contribution in [3.63, 3.8) is 0 Å². The Kier molecular flexibility index (Phi) is 3.75. The van der Waals surface area contributed by atoms with Crippen molar-refractivity contribution in [3.05, 3.63) is 36.2 Å². The number of rotatable bonds is 3. The van der Waals surface area contributed by atoms with E-state index < -0.39 is 0 Å². The van der Waals surface area contributed by atoms with Crippen molar-refractivity contribution in [2.24, 2.45) is 0 Å². The van der Waals surface area contributed by atoms with Crippen molar-refractivity contribution < 1.29 is 5.11 Å². The lowest BCUT2D eigenvalue weighted by Crippen LogP contribution is -2.38. The molecule has 0 bridgehead atoms. The van der Waals surface area contributed by atoms with Gasteiger partial charge < -0.3 is 5.11 Å². The molecule has 0 amide bonds. The number of benzene rings is 1. The molecule has 6 nitrogen and oxygen atoms in total. The van der Waals surface area contributed by atoms with Crippen LogP contribution in [0.2, 0.25) is 0 Å². The lowest BCUT2D eigenvalue weighted by atomic mass is 10.1. The molecule has 1 aromatic carbocycles. The van der Waals surface area contributed by atoms with Gasteiger partial charge in [0.2, 0.25) is 0 Å². The SMILES string of the molecule is CC(c1nnnn1-c1ccccc1)N1CCC(O)CC1. The Morgan fingerprint density at radius 1 is 1.20 bits per heavy atom. The van der Waals surface area contributed by atoms with E-state index in [2.05, 4.69) is 27.3 Å². The highest BCUT2D eigenvalue weighted by Gasteiger charge is 2.26. The molecule has 1 aliphatic rings. The van der Waals surface area contributed by atoms with Crippen LogP contribution in [0.1, 0.15) is 31.6 Å². The van der Waals surface area contributed by atoms with Crippen LogP contribution in [0.25, 0.3) is 5.69 Å². The van der Waals surface area contributed by atoms with E-state index in [-0.39, 0.29) is 12.1 Å². The van der Waals surface area contributed by atoms with Gasteiger partial charge in [0, 0.05) is 13.1 Å². The van der Waals surface area contributed by atoms with Crippen LogP contribution in [0.5, 0.6) is 0 Å². The van der Waals surface area contributed by atoms with Crippen LogP contribution < -0.4 is 0 Å². The molecular formula is C14H19N5O. The Morgan fingerprint density at radius 2 is 1.90 bits per heavy atom.